The quantitative estimate of drug-likeness (QED) is 0.612. The molecular formula is C22H21N5OS. The van der Waals surface area contributed by atoms with Gasteiger partial charge in [0.2, 0.25) is 5.88 Å². The third-order valence-electron chi connectivity index (χ3n) is 5.47. The first-order valence-corrected chi connectivity index (χ1v) is 10.8. The van der Waals surface area contributed by atoms with E-state index in [9.17, 15) is 5.26 Å². The number of nitriles is 1. The Morgan fingerprint density at radius 1 is 1.24 bits per heavy atom. The molecule has 0 amide bonds. The van der Waals surface area contributed by atoms with Crippen LogP contribution in [0.4, 0.5) is 5.69 Å². The van der Waals surface area contributed by atoms with Crippen LogP contribution in [0.5, 0.6) is 5.88 Å². The fraction of sp³-hybridized carbons (Fsp3) is 0.364. The van der Waals surface area contributed by atoms with Gasteiger partial charge in [0.1, 0.15) is 22.5 Å². The average Bonchev–Trinajstić information content (AvgIpc) is 3.26. The number of aromatic nitrogens is 3. The highest BCUT2D eigenvalue weighted by molar-refractivity contribution is 7.13. The van der Waals surface area contributed by atoms with Gasteiger partial charge in [-0.1, -0.05) is 12.1 Å². The van der Waals surface area contributed by atoms with E-state index < -0.39 is 0 Å². The monoisotopic (exact) mass is 403 g/mol. The zero-order valence-corrected chi connectivity index (χ0v) is 16.8. The number of nitrogens with zero attached hydrogens (tertiary/aromatic N) is 5. The summed E-state index contributed by atoms with van der Waals surface area (Å²) in [6.45, 7) is 2.50. The van der Waals surface area contributed by atoms with Crippen molar-refractivity contribution in [2.45, 2.75) is 25.2 Å². The van der Waals surface area contributed by atoms with Crippen molar-refractivity contribution >= 4 is 17.0 Å². The SMILES string of the molecule is N#Cc1cnc(C2CC2)nc1OC[C@H]1CCN(c2cccc(-c3nccs3)c2)C1. The Morgan fingerprint density at radius 3 is 2.97 bits per heavy atom. The Morgan fingerprint density at radius 2 is 2.17 bits per heavy atom. The number of benzene rings is 1. The number of ether oxygens (including phenoxy) is 1. The third kappa shape index (κ3) is 3.94. The second-order valence-corrected chi connectivity index (χ2v) is 8.53. The summed E-state index contributed by atoms with van der Waals surface area (Å²) in [6.07, 6.45) is 6.75. The van der Waals surface area contributed by atoms with E-state index >= 15 is 0 Å². The van der Waals surface area contributed by atoms with Crippen LogP contribution in [0.1, 0.15) is 36.6 Å². The summed E-state index contributed by atoms with van der Waals surface area (Å²) < 4.78 is 5.99. The first-order chi connectivity index (χ1) is 14.3. The molecule has 3 aromatic rings. The van der Waals surface area contributed by atoms with Crippen molar-refractivity contribution in [1.29, 1.82) is 5.26 Å². The Hall–Kier alpha value is -2.98. The summed E-state index contributed by atoms with van der Waals surface area (Å²) in [5.74, 6) is 2.10. The number of anilines is 1. The molecule has 0 radical (unpaired) electrons. The smallest absolute Gasteiger partial charge is 0.235 e. The van der Waals surface area contributed by atoms with Crippen LogP contribution in [0.2, 0.25) is 0 Å². The van der Waals surface area contributed by atoms with Crippen molar-refractivity contribution in [2.24, 2.45) is 5.92 Å². The van der Waals surface area contributed by atoms with Crippen LogP contribution >= 0.6 is 11.3 Å². The number of thiazole rings is 1. The van der Waals surface area contributed by atoms with Gasteiger partial charge in [-0.3, -0.25) is 0 Å². The van der Waals surface area contributed by atoms with Crippen molar-refractivity contribution in [1.82, 2.24) is 15.0 Å². The Balaban J connectivity index is 1.24. The molecule has 1 atom stereocenters. The van der Waals surface area contributed by atoms with E-state index in [4.69, 9.17) is 4.74 Å². The number of rotatable bonds is 6. The Labute approximate surface area is 173 Å². The maximum atomic E-state index is 9.33. The van der Waals surface area contributed by atoms with Crippen LogP contribution in [0.25, 0.3) is 10.6 Å². The minimum atomic E-state index is 0.407. The van der Waals surface area contributed by atoms with Crippen LogP contribution < -0.4 is 9.64 Å². The molecule has 1 aromatic carbocycles. The molecule has 3 heterocycles. The normalized spacial score (nSPS) is 18.6. The van der Waals surface area contributed by atoms with E-state index in [1.165, 1.54) is 5.69 Å². The van der Waals surface area contributed by atoms with E-state index in [0.29, 0.717) is 29.9 Å². The zero-order valence-electron chi connectivity index (χ0n) is 16.0. The molecule has 6 nitrogen and oxygen atoms in total. The number of hydrogen-bond donors (Lipinski definition) is 0. The lowest BCUT2D eigenvalue weighted by Crippen LogP contribution is -2.22. The highest BCUT2D eigenvalue weighted by atomic mass is 32.1. The molecule has 0 N–H and O–H groups in total. The van der Waals surface area contributed by atoms with Crippen LogP contribution in [0.3, 0.4) is 0 Å². The molecule has 1 aliphatic heterocycles. The van der Waals surface area contributed by atoms with Crippen LogP contribution in [0, 0.1) is 17.2 Å². The first-order valence-electron chi connectivity index (χ1n) is 9.95. The van der Waals surface area contributed by atoms with Gasteiger partial charge in [-0.2, -0.15) is 10.2 Å². The minimum Gasteiger partial charge on any atom is -0.476 e. The molecule has 29 heavy (non-hydrogen) atoms. The predicted octanol–water partition coefficient (Wildman–Crippen LogP) is 4.25. The molecule has 5 rings (SSSR count). The van der Waals surface area contributed by atoms with Crippen LogP contribution in [0.15, 0.2) is 42.0 Å². The molecule has 1 saturated heterocycles. The van der Waals surface area contributed by atoms with E-state index in [0.717, 1.165) is 48.7 Å². The standard InChI is InChI=1S/C22H21N5OS/c23-11-18-12-25-20(16-4-5-16)26-21(18)28-14-15-6-8-27(13-15)19-3-1-2-17(10-19)22-24-7-9-29-22/h1-3,7,9-10,12,15-16H,4-6,8,13-14H2/t15-/m0/s1. The molecule has 0 unspecified atom stereocenters. The maximum Gasteiger partial charge on any atom is 0.235 e. The third-order valence-corrected chi connectivity index (χ3v) is 6.29. The molecule has 2 aromatic heterocycles. The fourth-order valence-corrected chi connectivity index (χ4v) is 4.34. The van der Waals surface area contributed by atoms with Gasteiger partial charge in [-0.15, -0.1) is 11.3 Å². The molecule has 7 heteroatoms. The van der Waals surface area contributed by atoms with E-state index in [1.807, 2.05) is 11.6 Å². The lowest BCUT2D eigenvalue weighted by Gasteiger charge is -2.19. The highest BCUT2D eigenvalue weighted by Gasteiger charge is 2.28. The summed E-state index contributed by atoms with van der Waals surface area (Å²) >= 11 is 1.66. The largest absolute Gasteiger partial charge is 0.476 e. The van der Waals surface area contributed by atoms with E-state index in [1.54, 1.807) is 17.5 Å². The van der Waals surface area contributed by atoms with Crippen LogP contribution in [-0.4, -0.2) is 34.6 Å². The molecule has 0 spiro atoms. The molecule has 1 aliphatic carbocycles. The van der Waals surface area contributed by atoms with Gasteiger partial charge in [0, 0.05) is 47.8 Å². The molecule has 2 fully saturated rings. The van der Waals surface area contributed by atoms with Crippen molar-refractivity contribution in [3.8, 4) is 22.5 Å². The lowest BCUT2D eigenvalue weighted by atomic mass is 10.1. The Bertz CT molecular complexity index is 1040. The molecule has 2 aliphatic rings. The van der Waals surface area contributed by atoms with Crippen molar-refractivity contribution in [2.75, 3.05) is 24.6 Å². The second kappa shape index (κ2) is 7.80. The van der Waals surface area contributed by atoms with Crippen molar-refractivity contribution < 1.29 is 4.74 Å². The van der Waals surface area contributed by atoms with Gasteiger partial charge in [0.15, 0.2) is 0 Å². The maximum absolute atomic E-state index is 9.33. The zero-order chi connectivity index (χ0) is 19.6. The number of hydrogen-bond acceptors (Lipinski definition) is 7. The van der Waals surface area contributed by atoms with Crippen molar-refractivity contribution in [3.05, 3.63) is 53.4 Å². The minimum absolute atomic E-state index is 0.407. The van der Waals surface area contributed by atoms with Crippen molar-refractivity contribution in [3.63, 3.8) is 0 Å². The summed E-state index contributed by atoms with van der Waals surface area (Å²) in [5, 5.41) is 12.4. The van der Waals surface area contributed by atoms with Gasteiger partial charge in [-0.25, -0.2) is 9.97 Å². The lowest BCUT2D eigenvalue weighted by molar-refractivity contribution is 0.250. The summed E-state index contributed by atoms with van der Waals surface area (Å²) in [5.41, 5.74) is 2.79. The molecule has 0 bridgehead atoms. The fourth-order valence-electron chi connectivity index (χ4n) is 3.71. The van der Waals surface area contributed by atoms with Gasteiger partial charge < -0.3 is 9.64 Å². The molecular weight excluding hydrogens is 382 g/mol. The van der Waals surface area contributed by atoms with Gasteiger partial charge >= 0.3 is 0 Å². The summed E-state index contributed by atoms with van der Waals surface area (Å²) in [4.78, 5) is 15.6. The summed E-state index contributed by atoms with van der Waals surface area (Å²) in [6, 6.07) is 10.7. The molecule has 1 saturated carbocycles. The predicted molar refractivity (Wildman–Crippen MR) is 112 cm³/mol. The first kappa shape index (κ1) is 18.1. The van der Waals surface area contributed by atoms with E-state index in [2.05, 4.69) is 50.2 Å². The van der Waals surface area contributed by atoms with Gasteiger partial charge in [0.25, 0.3) is 0 Å². The van der Waals surface area contributed by atoms with E-state index in [-0.39, 0.29) is 0 Å². The topological polar surface area (TPSA) is 74.9 Å². The van der Waals surface area contributed by atoms with Gasteiger partial charge in [0.05, 0.1) is 12.8 Å². The molecule has 146 valence electrons. The van der Waals surface area contributed by atoms with Crippen LogP contribution in [-0.2, 0) is 0 Å². The second-order valence-electron chi connectivity index (χ2n) is 7.63. The van der Waals surface area contributed by atoms with Gasteiger partial charge in [-0.05, 0) is 31.4 Å². The highest BCUT2D eigenvalue weighted by Crippen LogP contribution is 2.38. The summed E-state index contributed by atoms with van der Waals surface area (Å²) in [7, 11) is 0. The average molecular weight is 404 g/mol. The Kier molecular flexibility index (Phi) is 4.86.